The van der Waals surface area contributed by atoms with Crippen molar-refractivity contribution in [2.24, 2.45) is 5.92 Å². The minimum absolute atomic E-state index is 0.117. The number of anilines is 1. The second-order valence-corrected chi connectivity index (χ2v) is 10.5. The van der Waals surface area contributed by atoms with Crippen LogP contribution in [0.25, 0.3) is 17.2 Å². The van der Waals surface area contributed by atoms with E-state index in [1.165, 1.54) is 5.56 Å². The first-order valence-corrected chi connectivity index (χ1v) is 12.6. The second-order valence-electron chi connectivity index (χ2n) is 10.2. The number of carbonyl (C=O) groups is 1. The van der Waals surface area contributed by atoms with Crippen LogP contribution in [0, 0.1) is 5.92 Å². The quantitative estimate of drug-likeness (QED) is 0.323. The molecule has 0 aliphatic heterocycles. The van der Waals surface area contributed by atoms with Crippen molar-refractivity contribution in [2.45, 2.75) is 84.3 Å². The number of hydrogen-bond acceptors (Lipinski definition) is 6. The molecule has 0 aromatic carbocycles. The molecule has 3 aromatic rings. The molecule has 4 rings (SSSR count). The number of esters is 1. The largest absolute Gasteiger partial charge is 0.460 e. The van der Waals surface area contributed by atoms with Gasteiger partial charge < -0.3 is 10.1 Å². The van der Waals surface area contributed by atoms with Crippen molar-refractivity contribution in [3.63, 3.8) is 0 Å². The number of aryl methyl sites for hydroxylation is 1. The van der Waals surface area contributed by atoms with E-state index >= 15 is 0 Å². The highest BCUT2D eigenvalue weighted by Crippen LogP contribution is 2.31. The van der Waals surface area contributed by atoms with Crippen LogP contribution in [0.2, 0.25) is 5.15 Å². The van der Waals surface area contributed by atoms with Gasteiger partial charge >= 0.3 is 5.97 Å². The smallest absolute Gasteiger partial charge is 0.306 e. The van der Waals surface area contributed by atoms with E-state index in [2.05, 4.69) is 34.5 Å². The van der Waals surface area contributed by atoms with Crippen molar-refractivity contribution < 1.29 is 9.53 Å². The fourth-order valence-electron chi connectivity index (χ4n) is 4.61. The second kappa shape index (κ2) is 10.3. The number of rotatable bonds is 7. The van der Waals surface area contributed by atoms with Gasteiger partial charge in [0.1, 0.15) is 27.9 Å². The number of nitrogens with zero attached hydrogens (tertiary/aromatic N) is 4. The van der Waals surface area contributed by atoms with Crippen molar-refractivity contribution >= 4 is 29.0 Å². The summed E-state index contributed by atoms with van der Waals surface area (Å²) in [6.45, 7) is 7.84. The fourth-order valence-corrected chi connectivity index (χ4v) is 4.80. The molecule has 0 bridgehead atoms. The Hall–Kier alpha value is -2.67. The molecule has 3 heterocycles. The Morgan fingerprint density at radius 1 is 1.26 bits per heavy atom. The molecule has 34 heavy (non-hydrogen) atoms. The maximum Gasteiger partial charge on any atom is 0.306 e. The Kier molecular flexibility index (Phi) is 7.41. The third-order valence-electron chi connectivity index (χ3n) is 6.21. The lowest BCUT2D eigenvalue weighted by Gasteiger charge is -2.30. The number of halogens is 1. The average Bonchev–Trinajstić information content (AvgIpc) is 3.19. The van der Waals surface area contributed by atoms with E-state index in [1.54, 1.807) is 12.3 Å². The average molecular weight is 484 g/mol. The van der Waals surface area contributed by atoms with Gasteiger partial charge in [-0.1, -0.05) is 37.4 Å². The summed E-state index contributed by atoms with van der Waals surface area (Å²) in [7, 11) is 0. The summed E-state index contributed by atoms with van der Waals surface area (Å²) in [6, 6.07) is 6.15. The van der Waals surface area contributed by atoms with Gasteiger partial charge in [0.2, 0.25) is 0 Å². The molecule has 2 atom stereocenters. The molecular weight excluding hydrogens is 450 g/mol. The number of nitrogens with one attached hydrogen (secondary N) is 1. The van der Waals surface area contributed by atoms with Gasteiger partial charge in [-0.15, -0.1) is 0 Å². The third kappa shape index (κ3) is 6.26. The van der Waals surface area contributed by atoms with E-state index in [4.69, 9.17) is 21.3 Å². The van der Waals surface area contributed by atoms with Crippen molar-refractivity contribution in [1.29, 1.82) is 0 Å². The molecule has 1 N–H and O–H groups in total. The summed E-state index contributed by atoms with van der Waals surface area (Å²) in [5, 5.41) is 3.96. The summed E-state index contributed by atoms with van der Waals surface area (Å²) >= 11 is 6.39. The van der Waals surface area contributed by atoms with E-state index in [0.717, 1.165) is 55.7 Å². The molecular formula is C26H34ClN5O2. The fraction of sp³-hybridized carbons (Fsp3) is 0.538. The first-order chi connectivity index (χ1) is 16.2. The molecule has 0 radical (unpaired) electrons. The van der Waals surface area contributed by atoms with Crippen LogP contribution in [-0.2, 0) is 16.0 Å². The van der Waals surface area contributed by atoms with E-state index in [-0.39, 0.29) is 12.0 Å². The Morgan fingerprint density at radius 3 is 2.85 bits per heavy atom. The zero-order valence-electron chi connectivity index (χ0n) is 20.5. The first-order valence-electron chi connectivity index (χ1n) is 12.2. The van der Waals surface area contributed by atoms with Crippen molar-refractivity contribution in [1.82, 2.24) is 19.4 Å². The lowest BCUT2D eigenvalue weighted by molar-refractivity contribution is -0.155. The minimum Gasteiger partial charge on any atom is -0.460 e. The molecule has 8 heteroatoms. The molecule has 7 nitrogen and oxygen atoms in total. The van der Waals surface area contributed by atoms with E-state index in [9.17, 15) is 4.79 Å². The number of fused-ring (bicyclic) bond motifs is 1. The number of ether oxygens (including phenoxy) is 1. The molecule has 1 unspecified atom stereocenters. The number of imidazole rings is 1. The third-order valence-corrected chi connectivity index (χ3v) is 6.40. The normalized spacial score (nSPS) is 18.7. The zero-order chi connectivity index (χ0) is 24.3. The monoisotopic (exact) mass is 483 g/mol. The summed E-state index contributed by atoms with van der Waals surface area (Å²) in [5.41, 5.74) is 2.45. The highest BCUT2D eigenvalue weighted by molar-refractivity contribution is 6.29. The maximum atomic E-state index is 12.1. The van der Waals surface area contributed by atoms with Crippen LogP contribution >= 0.6 is 11.6 Å². The van der Waals surface area contributed by atoms with Gasteiger partial charge in [0.15, 0.2) is 5.82 Å². The number of aromatic nitrogens is 4. The summed E-state index contributed by atoms with van der Waals surface area (Å²) in [5.74, 6) is 1.64. The van der Waals surface area contributed by atoms with Gasteiger partial charge in [0.25, 0.3) is 0 Å². The molecule has 0 saturated heterocycles. The van der Waals surface area contributed by atoms with Crippen LogP contribution in [0.3, 0.4) is 0 Å². The van der Waals surface area contributed by atoms with Crippen molar-refractivity contribution in [3.8, 4) is 11.5 Å². The topological polar surface area (TPSA) is 81.4 Å². The van der Waals surface area contributed by atoms with Gasteiger partial charge in [-0.25, -0.2) is 15.0 Å². The molecule has 0 amide bonds. The first kappa shape index (κ1) is 24.5. The lowest BCUT2D eigenvalue weighted by atomic mass is 9.83. The van der Waals surface area contributed by atoms with Crippen molar-refractivity contribution in [3.05, 3.63) is 41.3 Å². The predicted octanol–water partition coefficient (Wildman–Crippen LogP) is 6.10. The molecule has 1 saturated carbocycles. The standard InChI is InChI=1S/C26H34ClN5O2/c1-5-17-9-11-23-28-15-20(32(23)16-17)25-30-21(27)14-22(31-25)29-19-8-6-7-18(13-19)10-12-24(33)34-26(2,3)4/h9,11,14-16,18-19H,5-8,10,12-13H2,1-4H3,(H,29,30,31)/t18?,19-/m1/s1. The predicted molar refractivity (Wildman–Crippen MR) is 135 cm³/mol. The Balaban J connectivity index is 1.44. The minimum atomic E-state index is -0.434. The lowest BCUT2D eigenvalue weighted by Crippen LogP contribution is -2.29. The van der Waals surface area contributed by atoms with Crippen LogP contribution in [0.5, 0.6) is 0 Å². The summed E-state index contributed by atoms with van der Waals surface area (Å²) in [4.78, 5) is 25.9. The Bertz CT molecular complexity index is 1150. The van der Waals surface area contributed by atoms with Gasteiger partial charge in [0, 0.05) is 24.7 Å². The maximum absolute atomic E-state index is 12.1. The molecule has 1 aliphatic rings. The molecule has 1 aliphatic carbocycles. The molecule has 1 fully saturated rings. The van der Waals surface area contributed by atoms with Gasteiger partial charge in [-0.2, -0.15) is 0 Å². The van der Waals surface area contributed by atoms with Crippen molar-refractivity contribution in [2.75, 3.05) is 5.32 Å². The van der Waals surface area contributed by atoms with Crippen LogP contribution in [0.1, 0.15) is 71.8 Å². The zero-order valence-corrected chi connectivity index (χ0v) is 21.2. The van der Waals surface area contributed by atoms with E-state index in [1.807, 2.05) is 31.2 Å². The van der Waals surface area contributed by atoms with Crippen LogP contribution in [-0.4, -0.2) is 37.0 Å². The number of pyridine rings is 1. The Labute approximate surface area is 206 Å². The van der Waals surface area contributed by atoms with Crippen LogP contribution < -0.4 is 5.32 Å². The van der Waals surface area contributed by atoms with Crippen LogP contribution in [0.15, 0.2) is 30.6 Å². The SMILES string of the molecule is CCc1ccc2ncc(-c3nc(Cl)cc(N[C@@H]4CCCC(CCC(=O)OC(C)(C)C)C4)n3)n2c1. The van der Waals surface area contributed by atoms with E-state index in [0.29, 0.717) is 23.3 Å². The molecule has 3 aromatic heterocycles. The highest BCUT2D eigenvalue weighted by atomic mass is 35.5. The van der Waals surface area contributed by atoms with Gasteiger partial charge in [0.05, 0.1) is 6.20 Å². The van der Waals surface area contributed by atoms with E-state index < -0.39 is 5.60 Å². The molecule has 182 valence electrons. The highest BCUT2D eigenvalue weighted by Gasteiger charge is 2.24. The molecule has 0 spiro atoms. The Morgan fingerprint density at radius 2 is 2.09 bits per heavy atom. The van der Waals surface area contributed by atoms with Crippen LogP contribution in [0.4, 0.5) is 5.82 Å². The summed E-state index contributed by atoms with van der Waals surface area (Å²) in [6.07, 6.45) is 10.4. The van der Waals surface area contributed by atoms with Gasteiger partial charge in [-0.3, -0.25) is 9.20 Å². The summed E-state index contributed by atoms with van der Waals surface area (Å²) < 4.78 is 7.48. The number of carbonyl (C=O) groups excluding carboxylic acids is 1. The van der Waals surface area contributed by atoms with Gasteiger partial charge in [-0.05, 0) is 64.0 Å². The number of hydrogen-bond donors (Lipinski definition) is 1.